The van der Waals surface area contributed by atoms with Crippen molar-refractivity contribution in [3.05, 3.63) is 12.7 Å². The largest absolute Gasteiger partial charge is 0.461 e. The van der Waals surface area contributed by atoms with E-state index in [0.717, 1.165) is 45.3 Å². The van der Waals surface area contributed by atoms with Gasteiger partial charge in [0.05, 0.1) is 5.41 Å². The van der Waals surface area contributed by atoms with Crippen LogP contribution in [-0.2, 0) is 20.9 Å². The van der Waals surface area contributed by atoms with Crippen molar-refractivity contribution in [1.29, 1.82) is 0 Å². The predicted octanol–water partition coefficient (Wildman–Crippen LogP) is 1.08. The molecule has 1 amide bonds. The number of carbonyl (C=O) groups excluding carboxylic acids is 2. The van der Waals surface area contributed by atoms with E-state index in [9.17, 15) is 9.59 Å². The molecule has 1 spiro atoms. The second-order valence-electron chi connectivity index (χ2n) is 8.16. The summed E-state index contributed by atoms with van der Waals surface area (Å²) in [6, 6.07) is 0. The van der Waals surface area contributed by atoms with Gasteiger partial charge in [-0.05, 0) is 45.2 Å². The molecule has 0 aliphatic carbocycles. The molecule has 148 valence electrons. The number of rotatable bonds is 6. The lowest BCUT2D eigenvalue weighted by molar-refractivity contribution is -0.152. The Morgan fingerprint density at radius 3 is 2.70 bits per heavy atom. The van der Waals surface area contributed by atoms with Crippen LogP contribution in [0, 0.1) is 5.41 Å². The third-order valence-electron chi connectivity index (χ3n) is 6.30. The highest BCUT2D eigenvalue weighted by Crippen LogP contribution is 2.43. The number of likely N-dealkylation sites (tertiary alicyclic amines) is 2. The number of hydrogen-bond acceptors (Lipinski definition) is 6. The van der Waals surface area contributed by atoms with Gasteiger partial charge in [0.25, 0.3) is 0 Å². The molecule has 3 aliphatic heterocycles. The Balaban J connectivity index is 1.22. The van der Waals surface area contributed by atoms with Crippen LogP contribution in [-0.4, -0.2) is 75.3 Å². The lowest BCUT2D eigenvalue weighted by Crippen LogP contribution is -2.45. The minimum atomic E-state index is -0.359. The molecule has 1 unspecified atom stereocenters. The van der Waals surface area contributed by atoms with Crippen molar-refractivity contribution < 1.29 is 14.3 Å². The maximum absolute atomic E-state index is 12.6. The van der Waals surface area contributed by atoms with E-state index >= 15 is 0 Å². The summed E-state index contributed by atoms with van der Waals surface area (Å²) in [7, 11) is 0. The van der Waals surface area contributed by atoms with Crippen molar-refractivity contribution in [3.8, 4) is 0 Å². The zero-order valence-electron chi connectivity index (χ0n) is 15.9. The molecule has 0 radical (unpaired) electrons. The molecule has 1 aromatic heterocycles. The number of aromatic nitrogens is 3. The fourth-order valence-electron chi connectivity index (χ4n) is 4.68. The van der Waals surface area contributed by atoms with Crippen LogP contribution in [0.25, 0.3) is 0 Å². The van der Waals surface area contributed by atoms with Crippen molar-refractivity contribution in [1.82, 2.24) is 24.6 Å². The fourth-order valence-corrected chi connectivity index (χ4v) is 4.68. The molecule has 3 aliphatic rings. The number of aryl methyl sites for hydroxylation is 1. The molecule has 0 saturated carbocycles. The summed E-state index contributed by atoms with van der Waals surface area (Å²) in [5, 5.41) is 4.05. The second kappa shape index (κ2) is 7.96. The van der Waals surface area contributed by atoms with Gasteiger partial charge in [0, 0.05) is 39.0 Å². The summed E-state index contributed by atoms with van der Waals surface area (Å²) in [6.07, 6.45) is 9.24. The van der Waals surface area contributed by atoms with Crippen molar-refractivity contribution in [2.45, 2.75) is 57.6 Å². The van der Waals surface area contributed by atoms with Crippen molar-refractivity contribution >= 4 is 11.9 Å². The van der Waals surface area contributed by atoms with Crippen LogP contribution in [0.15, 0.2) is 12.7 Å². The first-order valence-corrected chi connectivity index (χ1v) is 10.2. The van der Waals surface area contributed by atoms with Crippen LogP contribution < -0.4 is 0 Å². The van der Waals surface area contributed by atoms with Gasteiger partial charge in [-0.3, -0.25) is 19.2 Å². The topological polar surface area (TPSA) is 80.6 Å². The van der Waals surface area contributed by atoms with E-state index in [-0.39, 0.29) is 23.4 Å². The molecular weight excluding hydrogens is 346 g/mol. The Hall–Kier alpha value is -1.96. The van der Waals surface area contributed by atoms with E-state index in [0.29, 0.717) is 26.1 Å². The molecule has 0 bridgehead atoms. The Morgan fingerprint density at radius 2 is 2.00 bits per heavy atom. The van der Waals surface area contributed by atoms with E-state index in [1.165, 1.54) is 19.2 Å². The minimum Gasteiger partial charge on any atom is -0.461 e. The molecule has 0 aromatic carbocycles. The highest BCUT2D eigenvalue weighted by Gasteiger charge is 2.51. The zero-order chi connectivity index (χ0) is 18.7. The zero-order valence-corrected chi connectivity index (χ0v) is 15.9. The Kier molecular flexibility index (Phi) is 5.43. The molecular formula is C19H29N5O3. The van der Waals surface area contributed by atoms with Gasteiger partial charge < -0.3 is 9.64 Å². The molecule has 3 fully saturated rings. The molecule has 27 heavy (non-hydrogen) atoms. The molecule has 3 saturated heterocycles. The molecule has 0 N–H and O–H groups in total. The third kappa shape index (κ3) is 4.15. The lowest BCUT2D eigenvalue weighted by atomic mass is 9.76. The predicted molar refractivity (Wildman–Crippen MR) is 97.7 cm³/mol. The van der Waals surface area contributed by atoms with Crippen LogP contribution in [0.4, 0.5) is 0 Å². The molecule has 8 nitrogen and oxygen atoms in total. The smallest absolute Gasteiger partial charge is 0.312 e. The van der Waals surface area contributed by atoms with Gasteiger partial charge in [-0.15, -0.1) is 0 Å². The van der Waals surface area contributed by atoms with Gasteiger partial charge in [0.15, 0.2) is 0 Å². The quantitative estimate of drug-likeness (QED) is 0.692. The minimum absolute atomic E-state index is 0.0283. The lowest BCUT2D eigenvalue weighted by Gasteiger charge is -2.36. The van der Waals surface area contributed by atoms with E-state index < -0.39 is 0 Å². The first-order chi connectivity index (χ1) is 13.1. The van der Waals surface area contributed by atoms with E-state index in [4.69, 9.17) is 4.74 Å². The first kappa shape index (κ1) is 18.4. The SMILES string of the molecule is O=C(CCCn1cncn1)N1CCC2(CC1)CC(CN1CCCC1)OC2=O. The highest BCUT2D eigenvalue weighted by molar-refractivity contribution is 5.80. The van der Waals surface area contributed by atoms with E-state index in [1.54, 1.807) is 11.0 Å². The Morgan fingerprint density at radius 1 is 1.22 bits per heavy atom. The molecule has 4 heterocycles. The summed E-state index contributed by atoms with van der Waals surface area (Å²) in [6.45, 7) is 5.14. The molecule has 1 atom stereocenters. The number of amides is 1. The van der Waals surface area contributed by atoms with Crippen molar-refractivity contribution in [2.24, 2.45) is 5.41 Å². The van der Waals surface area contributed by atoms with Crippen LogP contribution in [0.3, 0.4) is 0 Å². The first-order valence-electron chi connectivity index (χ1n) is 10.2. The normalized spacial score (nSPS) is 25.3. The Labute approximate surface area is 159 Å². The average Bonchev–Trinajstić information content (AvgIpc) is 3.40. The number of nitrogens with zero attached hydrogens (tertiary/aromatic N) is 5. The van der Waals surface area contributed by atoms with Crippen molar-refractivity contribution in [3.63, 3.8) is 0 Å². The number of piperidine rings is 1. The fraction of sp³-hybridized carbons (Fsp3) is 0.789. The van der Waals surface area contributed by atoms with E-state index in [2.05, 4.69) is 15.0 Å². The van der Waals surface area contributed by atoms with Gasteiger partial charge >= 0.3 is 5.97 Å². The van der Waals surface area contributed by atoms with Crippen LogP contribution in [0.2, 0.25) is 0 Å². The third-order valence-corrected chi connectivity index (χ3v) is 6.30. The summed E-state index contributed by atoms with van der Waals surface area (Å²) in [5.41, 5.74) is -0.359. The second-order valence-corrected chi connectivity index (χ2v) is 8.16. The monoisotopic (exact) mass is 375 g/mol. The number of hydrogen-bond donors (Lipinski definition) is 0. The number of cyclic esters (lactones) is 1. The van der Waals surface area contributed by atoms with Crippen LogP contribution in [0.1, 0.15) is 44.9 Å². The summed E-state index contributed by atoms with van der Waals surface area (Å²) < 4.78 is 7.46. The van der Waals surface area contributed by atoms with Gasteiger partial charge in [-0.25, -0.2) is 4.98 Å². The van der Waals surface area contributed by atoms with Crippen molar-refractivity contribution in [2.75, 3.05) is 32.7 Å². The highest BCUT2D eigenvalue weighted by atomic mass is 16.6. The molecule has 1 aromatic rings. The van der Waals surface area contributed by atoms with Crippen LogP contribution in [0.5, 0.6) is 0 Å². The van der Waals surface area contributed by atoms with E-state index in [1.807, 2.05) is 4.90 Å². The molecule has 4 rings (SSSR count). The summed E-state index contributed by atoms with van der Waals surface area (Å²) in [5.74, 6) is 0.134. The van der Waals surface area contributed by atoms with Gasteiger partial charge in [0.2, 0.25) is 5.91 Å². The number of ether oxygens (including phenoxy) is 1. The maximum atomic E-state index is 12.6. The number of esters is 1. The van der Waals surface area contributed by atoms with Crippen LogP contribution >= 0.6 is 0 Å². The standard InChI is InChI=1S/C19H29N5O3/c25-17(4-3-9-24-15-20-14-21-24)23-10-5-19(6-11-23)12-16(27-18(19)26)13-22-7-1-2-8-22/h14-16H,1-13H2. The van der Waals surface area contributed by atoms with Gasteiger partial charge in [-0.1, -0.05) is 0 Å². The maximum Gasteiger partial charge on any atom is 0.312 e. The molecule has 8 heteroatoms. The summed E-state index contributed by atoms with van der Waals surface area (Å²) in [4.78, 5) is 33.2. The number of carbonyl (C=O) groups is 2. The average molecular weight is 375 g/mol. The van der Waals surface area contributed by atoms with Gasteiger partial charge in [-0.2, -0.15) is 5.10 Å². The summed E-state index contributed by atoms with van der Waals surface area (Å²) >= 11 is 0. The Bertz CT molecular complexity index is 648. The van der Waals surface area contributed by atoms with Gasteiger partial charge in [0.1, 0.15) is 18.8 Å².